The second-order valence-corrected chi connectivity index (χ2v) is 8.64. The molecule has 8 heteroatoms. The number of rotatable bonds is 7. The number of carbonyl (C=O) groups excluding carboxylic acids is 1. The molecule has 7 nitrogen and oxygen atoms in total. The van der Waals surface area contributed by atoms with E-state index in [1.54, 1.807) is 37.3 Å². The maximum Gasteiger partial charge on any atom is 0.255 e. The molecule has 2 aromatic rings. The topological polar surface area (TPSA) is 87.7 Å². The van der Waals surface area contributed by atoms with Crippen LogP contribution in [0.5, 0.6) is 0 Å². The van der Waals surface area contributed by atoms with Crippen LogP contribution in [0, 0.1) is 0 Å². The molecule has 1 fully saturated rings. The second kappa shape index (κ2) is 9.18. The van der Waals surface area contributed by atoms with E-state index in [1.165, 1.54) is 0 Å². The highest BCUT2D eigenvalue weighted by molar-refractivity contribution is 7.92. The third-order valence-corrected chi connectivity index (χ3v) is 5.80. The molecular formula is C20H25N3O4S. The highest BCUT2D eigenvalue weighted by Gasteiger charge is 2.13. The predicted molar refractivity (Wildman–Crippen MR) is 110 cm³/mol. The molecule has 2 N–H and O–H groups in total. The van der Waals surface area contributed by atoms with Gasteiger partial charge in [0.15, 0.2) is 0 Å². The summed E-state index contributed by atoms with van der Waals surface area (Å²) in [7, 11) is -3.32. The average molecular weight is 404 g/mol. The molecule has 1 amide bonds. The average Bonchev–Trinajstić information content (AvgIpc) is 2.70. The Labute approximate surface area is 165 Å². The van der Waals surface area contributed by atoms with Crippen molar-refractivity contribution < 1.29 is 17.9 Å². The normalized spacial score (nSPS) is 15.2. The summed E-state index contributed by atoms with van der Waals surface area (Å²) in [5, 5.41) is 2.84. The monoisotopic (exact) mass is 403 g/mol. The first-order chi connectivity index (χ1) is 13.4. The van der Waals surface area contributed by atoms with Crippen LogP contribution in [0.4, 0.5) is 11.4 Å². The van der Waals surface area contributed by atoms with Crippen molar-refractivity contribution in [2.75, 3.05) is 42.1 Å². The first kappa shape index (κ1) is 20.3. The summed E-state index contributed by atoms with van der Waals surface area (Å²) in [6.07, 6.45) is 0. The third kappa shape index (κ3) is 5.79. The summed E-state index contributed by atoms with van der Waals surface area (Å²) in [6, 6.07) is 14.2. The lowest BCUT2D eigenvalue weighted by Gasteiger charge is -2.26. The van der Waals surface area contributed by atoms with Crippen molar-refractivity contribution in [1.82, 2.24) is 4.90 Å². The van der Waals surface area contributed by atoms with Gasteiger partial charge in [-0.3, -0.25) is 14.4 Å². The van der Waals surface area contributed by atoms with Gasteiger partial charge in [0.25, 0.3) is 5.91 Å². The highest BCUT2D eigenvalue weighted by atomic mass is 32.2. The van der Waals surface area contributed by atoms with Crippen LogP contribution in [0.1, 0.15) is 22.8 Å². The Hall–Kier alpha value is -2.42. The summed E-state index contributed by atoms with van der Waals surface area (Å²) in [5.74, 6) is -0.197. The summed E-state index contributed by atoms with van der Waals surface area (Å²) >= 11 is 0. The number of nitrogens with one attached hydrogen (secondary N) is 2. The molecule has 3 rings (SSSR count). The van der Waals surface area contributed by atoms with E-state index in [4.69, 9.17) is 4.74 Å². The Morgan fingerprint density at radius 3 is 2.43 bits per heavy atom. The zero-order valence-electron chi connectivity index (χ0n) is 15.8. The molecule has 1 saturated heterocycles. The van der Waals surface area contributed by atoms with Gasteiger partial charge in [0.05, 0.1) is 19.0 Å². The van der Waals surface area contributed by atoms with Crippen LogP contribution < -0.4 is 10.0 Å². The fraction of sp³-hybridized carbons (Fsp3) is 0.350. The van der Waals surface area contributed by atoms with Crippen molar-refractivity contribution in [1.29, 1.82) is 0 Å². The molecule has 150 valence electrons. The number of anilines is 2. The number of sulfonamides is 1. The van der Waals surface area contributed by atoms with Crippen molar-refractivity contribution in [3.8, 4) is 0 Å². The Kier molecular flexibility index (Phi) is 6.66. The number of hydrogen-bond donors (Lipinski definition) is 2. The standard InChI is InChI=1S/C20H25N3O4S/c1-2-28(25,26)22-19-8-6-18(7-9-19)21-20(24)17-5-3-4-16(14-17)15-23-10-12-27-13-11-23/h3-9,14,22H,2,10-13,15H2,1H3,(H,21,24). The molecule has 0 spiro atoms. The minimum Gasteiger partial charge on any atom is -0.379 e. The van der Waals surface area contributed by atoms with Gasteiger partial charge in [-0.25, -0.2) is 8.42 Å². The largest absolute Gasteiger partial charge is 0.379 e. The minimum absolute atomic E-state index is 0.00623. The summed E-state index contributed by atoms with van der Waals surface area (Å²) in [6.45, 7) is 5.63. The van der Waals surface area contributed by atoms with Gasteiger partial charge in [-0.2, -0.15) is 0 Å². The first-order valence-corrected chi connectivity index (χ1v) is 10.9. The Morgan fingerprint density at radius 2 is 1.75 bits per heavy atom. The van der Waals surface area contributed by atoms with Crippen LogP contribution in [0.15, 0.2) is 48.5 Å². The van der Waals surface area contributed by atoms with Crippen molar-refractivity contribution >= 4 is 27.3 Å². The second-order valence-electron chi connectivity index (χ2n) is 6.63. The number of ether oxygens (including phenoxy) is 1. The maximum atomic E-state index is 12.6. The Balaban J connectivity index is 1.62. The van der Waals surface area contributed by atoms with Gasteiger partial charge in [0.2, 0.25) is 10.0 Å². The van der Waals surface area contributed by atoms with Crippen molar-refractivity contribution in [3.05, 3.63) is 59.7 Å². The summed E-state index contributed by atoms with van der Waals surface area (Å²) in [4.78, 5) is 14.9. The molecule has 0 unspecified atom stereocenters. The quantitative estimate of drug-likeness (QED) is 0.742. The first-order valence-electron chi connectivity index (χ1n) is 9.26. The molecule has 0 bridgehead atoms. The van der Waals surface area contributed by atoms with Crippen molar-refractivity contribution in [2.45, 2.75) is 13.5 Å². The Morgan fingerprint density at radius 1 is 1.07 bits per heavy atom. The van der Waals surface area contributed by atoms with Gasteiger partial charge in [0, 0.05) is 36.6 Å². The predicted octanol–water partition coefficient (Wildman–Crippen LogP) is 2.53. The molecule has 0 aliphatic carbocycles. The van der Waals surface area contributed by atoms with Gasteiger partial charge < -0.3 is 10.1 Å². The molecule has 0 radical (unpaired) electrons. The van der Waals surface area contributed by atoms with Crippen molar-refractivity contribution in [3.63, 3.8) is 0 Å². The van der Waals surface area contributed by atoms with Crippen molar-refractivity contribution in [2.24, 2.45) is 0 Å². The van der Waals surface area contributed by atoms with E-state index in [0.717, 1.165) is 38.4 Å². The van der Waals surface area contributed by atoms with E-state index in [9.17, 15) is 13.2 Å². The van der Waals surface area contributed by atoms with Crippen LogP contribution >= 0.6 is 0 Å². The number of hydrogen-bond acceptors (Lipinski definition) is 5. The smallest absolute Gasteiger partial charge is 0.255 e. The van der Waals surface area contributed by atoms with E-state index in [1.807, 2.05) is 18.2 Å². The lowest BCUT2D eigenvalue weighted by Crippen LogP contribution is -2.35. The van der Waals surface area contributed by atoms with Gasteiger partial charge in [-0.1, -0.05) is 12.1 Å². The number of nitrogens with zero attached hydrogens (tertiary/aromatic N) is 1. The van der Waals surface area contributed by atoms with Gasteiger partial charge >= 0.3 is 0 Å². The molecule has 0 atom stereocenters. The van der Waals surface area contributed by atoms with E-state index in [2.05, 4.69) is 14.9 Å². The summed E-state index contributed by atoms with van der Waals surface area (Å²) in [5.41, 5.74) is 2.73. The van der Waals surface area contributed by atoms with Crippen LogP contribution in [0.3, 0.4) is 0 Å². The third-order valence-electron chi connectivity index (χ3n) is 4.50. The van der Waals surface area contributed by atoms with Crippen LogP contribution in [-0.2, 0) is 21.3 Å². The highest BCUT2D eigenvalue weighted by Crippen LogP contribution is 2.17. The van der Waals surface area contributed by atoms with Gasteiger partial charge in [0.1, 0.15) is 0 Å². The SMILES string of the molecule is CCS(=O)(=O)Nc1ccc(NC(=O)c2cccc(CN3CCOCC3)c2)cc1. The maximum absolute atomic E-state index is 12.6. The summed E-state index contributed by atoms with van der Waals surface area (Å²) < 4.78 is 31.0. The Bertz CT molecular complexity index is 907. The fourth-order valence-corrected chi connectivity index (χ4v) is 3.54. The minimum atomic E-state index is -3.32. The molecule has 1 heterocycles. The van der Waals surface area contributed by atoms with E-state index < -0.39 is 10.0 Å². The van der Waals surface area contributed by atoms with Crippen LogP contribution in [-0.4, -0.2) is 51.3 Å². The molecule has 28 heavy (non-hydrogen) atoms. The number of carbonyl (C=O) groups is 1. The number of benzene rings is 2. The molecular weight excluding hydrogens is 378 g/mol. The van der Waals surface area contributed by atoms with E-state index in [0.29, 0.717) is 16.9 Å². The zero-order valence-corrected chi connectivity index (χ0v) is 16.7. The lowest BCUT2D eigenvalue weighted by molar-refractivity contribution is 0.0342. The van der Waals surface area contributed by atoms with Crippen LogP contribution in [0.2, 0.25) is 0 Å². The molecule has 0 aromatic heterocycles. The van der Waals surface area contributed by atoms with Gasteiger partial charge in [-0.05, 0) is 48.9 Å². The molecule has 2 aromatic carbocycles. The van der Waals surface area contributed by atoms with E-state index >= 15 is 0 Å². The molecule has 0 saturated carbocycles. The number of morpholine rings is 1. The zero-order chi connectivity index (χ0) is 20.0. The van der Waals surface area contributed by atoms with E-state index in [-0.39, 0.29) is 11.7 Å². The van der Waals surface area contributed by atoms with Crippen LogP contribution in [0.25, 0.3) is 0 Å². The molecule has 1 aliphatic rings. The van der Waals surface area contributed by atoms with Gasteiger partial charge in [-0.15, -0.1) is 0 Å². The number of amides is 1. The molecule has 1 aliphatic heterocycles. The fourth-order valence-electron chi connectivity index (χ4n) is 2.90. The lowest BCUT2D eigenvalue weighted by atomic mass is 10.1.